The van der Waals surface area contributed by atoms with E-state index < -0.39 is 6.10 Å². The minimum Gasteiger partial charge on any atom is -0.376 e. The van der Waals surface area contributed by atoms with Crippen LogP contribution >= 0.6 is 22.9 Å². The number of hydrogen-bond donors (Lipinski definition) is 1. The molecule has 1 N–H and O–H groups in total. The molecule has 2 aromatic heterocycles. The van der Waals surface area contributed by atoms with Crippen molar-refractivity contribution in [2.45, 2.75) is 12.6 Å². The number of aromatic nitrogens is 2. The molecular formula is C13H14ClN3O3S. The van der Waals surface area contributed by atoms with Gasteiger partial charge in [0.05, 0.1) is 36.9 Å². The number of anilines is 1. The molecule has 1 atom stereocenters. The maximum atomic E-state index is 12.1. The van der Waals surface area contributed by atoms with Gasteiger partial charge in [0, 0.05) is 10.9 Å². The highest BCUT2D eigenvalue weighted by Gasteiger charge is 2.23. The molecule has 3 heterocycles. The summed E-state index contributed by atoms with van der Waals surface area (Å²) in [5, 5.41) is 7.03. The van der Waals surface area contributed by atoms with Crippen LogP contribution in [0.1, 0.15) is 4.88 Å². The van der Waals surface area contributed by atoms with Crippen molar-refractivity contribution in [3.63, 3.8) is 0 Å². The van der Waals surface area contributed by atoms with E-state index in [1.807, 2.05) is 12.1 Å². The second-order valence-electron chi connectivity index (χ2n) is 4.50. The van der Waals surface area contributed by atoms with Crippen molar-refractivity contribution in [3.8, 4) is 0 Å². The number of carbonyl (C=O) groups excluding carboxylic acids is 1. The van der Waals surface area contributed by atoms with Crippen LogP contribution in [0.5, 0.6) is 0 Å². The monoisotopic (exact) mass is 327 g/mol. The summed E-state index contributed by atoms with van der Waals surface area (Å²) in [6, 6.07) is 5.53. The smallest absolute Gasteiger partial charge is 0.257 e. The van der Waals surface area contributed by atoms with Crippen molar-refractivity contribution in [1.29, 1.82) is 0 Å². The summed E-state index contributed by atoms with van der Waals surface area (Å²) < 4.78 is 13.0. The molecule has 0 saturated carbocycles. The van der Waals surface area contributed by atoms with Gasteiger partial charge in [0.25, 0.3) is 5.91 Å². The highest BCUT2D eigenvalue weighted by molar-refractivity contribution is 7.16. The van der Waals surface area contributed by atoms with Crippen LogP contribution in [0, 0.1) is 0 Å². The van der Waals surface area contributed by atoms with E-state index in [-0.39, 0.29) is 12.5 Å². The molecule has 1 aliphatic rings. The van der Waals surface area contributed by atoms with Gasteiger partial charge >= 0.3 is 0 Å². The van der Waals surface area contributed by atoms with Crippen LogP contribution in [-0.2, 0) is 20.8 Å². The van der Waals surface area contributed by atoms with Gasteiger partial charge in [-0.2, -0.15) is 5.10 Å². The Morgan fingerprint density at radius 2 is 2.38 bits per heavy atom. The van der Waals surface area contributed by atoms with Gasteiger partial charge < -0.3 is 14.8 Å². The number of ether oxygens (including phenoxy) is 2. The summed E-state index contributed by atoms with van der Waals surface area (Å²) in [4.78, 5) is 13.2. The Kier molecular flexibility index (Phi) is 4.54. The van der Waals surface area contributed by atoms with E-state index in [0.29, 0.717) is 25.6 Å². The fourth-order valence-corrected chi connectivity index (χ4v) is 3.06. The molecule has 0 aromatic carbocycles. The molecule has 112 valence electrons. The normalized spacial score (nSPS) is 18.6. The second-order valence-corrected chi connectivity index (χ2v) is 6.30. The molecule has 0 aliphatic carbocycles. The quantitative estimate of drug-likeness (QED) is 0.932. The van der Waals surface area contributed by atoms with Crippen molar-refractivity contribution >= 4 is 34.7 Å². The van der Waals surface area contributed by atoms with Crippen LogP contribution in [0.3, 0.4) is 0 Å². The summed E-state index contributed by atoms with van der Waals surface area (Å²) in [7, 11) is 0. The topological polar surface area (TPSA) is 65.4 Å². The number of nitrogens with zero attached hydrogens (tertiary/aromatic N) is 2. The molecule has 0 bridgehead atoms. The lowest BCUT2D eigenvalue weighted by molar-refractivity contribution is -0.142. The van der Waals surface area contributed by atoms with E-state index in [4.69, 9.17) is 21.1 Å². The van der Waals surface area contributed by atoms with E-state index in [0.717, 1.165) is 9.21 Å². The minimum atomic E-state index is -0.571. The third-order valence-electron chi connectivity index (χ3n) is 3.01. The maximum Gasteiger partial charge on any atom is 0.257 e. The van der Waals surface area contributed by atoms with Crippen molar-refractivity contribution in [2.24, 2.45) is 0 Å². The first-order valence-corrected chi connectivity index (χ1v) is 7.68. The molecule has 1 saturated heterocycles. The third kappa shape index (κ3) is 3.62. The van der Waals surface area contributed by atoms with Gasteiger partial charge in [0.15, 0.2) is 6.10 Å². The van der Waals surface area contributed by atoms with Crippen molar-refractivity contribution in [3.05, 3.63) is 33.6 Å². The van der Waals surface area contributed by atoms with E-state index >= 15 is 0 Å². The summed E-state index contributed by atoms with van der Waals surface area (Å²) in [5.74, 6) is 0.402. The molecule has 1 amide bonds. The largest absolute Gasteiger partial charge is 0.376 e. The molecule has 1 aliphatic heterocycles. The Balaban J connectivity index is 1.66. The van der Waals surface area contributed by atoms with E-state index in [9.17, 15) is 4.79 Å². The van der Waals surface area contributed by atoms with Crippen molar-refractivity contribution < 1.29 is 14.3 Å². The fourth-order valence-electron chi connectivity index (χ4n) is 2.00. The average Bonchev–Trinajstić information content (AvgIpc) is 3.10. The first-order valence-electron chi connectivity index (χ1n) is 6.48. The molecule has 21 heavy (non-hydrogen) atoms. The number of amides is 1. The van der Waals surface area contributed by atoms with Crippen LogP contribution < -0.4 is 5.32 Å². The predicted molar refractivity (Wildman–Crippen MR) is 79.8 cm³/mol. The zero-order valence-corrected chi connectivity index (χ0v) is 12.7. The molecule has 0 spiro atoms. The summed E-state index contributed by atoms with van der Waals surface area (Å²) in [6.45, 7) is 1.80. The minimum absolute atomic E-state index is 0.222. The summed E-state index contributed by atoms with van der Waals surface area (Å²) in [6.07, 6.45) is 1.07. The van der Waals surface area contributed by atoms with Gasteiger partial charge in [-0.3, -0.25) is 4.79 Å². The van der Waals surface area contributed by atoms with Gasteiger partial charge in [-0.1, -0.05) is 11.6 Å². The van der Waals surface area contributed by atoms with E-state index in [1.165, 1.54) is 11.3 Å². The first-order chi connectivity index (χ1) is 10.2. The van der Waals surface area contributed by atoms with Crippen LogP contribution in [0.15, 0.2) is 24.4 Å². The predicted octanol–water partition coefficient (Wildman–Crippen LogP) is 2.00. The van der Waals surface area contributed by atoms with Gasteiger partial charge in [-0.15, -0.1) is 11.3 Å². The number of hydrogen-bond acceptors (Lipinski definition) is 5. The van der Waals surface area contributed by atoms with E-state index in [1.54, 1.807) is 16.9 Å². The number of nitrogens with one attached hydrogen (secondary N) is 1. The Hall–Kier alpha value is -1.41. The Morgan fingerprint density at radius 1 is 1.48 bits per heavy atom. The van der Waals surface area contributed by atoms with Gasteiger partial charge in [0.2, 0.25) is 0 Å². The van der Waals surface area contributed by atoms with Crippen molar-refractivity contribution in [2.75, 3.05) is 25.1 Å². The third-order valence-corrected chi connectivity index (χ3v) is 4.23. The Bertz CT molecular complexity index is 622. The highest BCUT2D eigenvalue weighted by atomic mass is 35.5. The first kappa shape index (κ1) is 14.5. The standard InChI is InChI=1S/C13H14ClN3O3S/c14-11-2-1-9(21-11)7-17-12(3-4-15-17)16-13(18)10-8-19-5-6-20-10/h1-4,10H,5-8H2,(H,16,18). The second kappa shape index (κ2) is 6.57. The summed E-state index contributed by atoms with van der Waals surface area (Å²) >= 11 is 7.40. The fraction of sp³-hybridized carbons (Fsp3) is 0.385. The highest BCUT2D eigenvalue weighted by Crippen LogP contribution is 2.23. The Labute approximate surface area is 130 Å². The van der Waals surface area contributed by atoms with Crippen LogP contribution in [0.2, 0.25) is 4.34 Å². The SMILES string of the molecule is O=C(Nc1ccnn1Cc1ccc(Cl)s1)C1COCCO1. The maximum absolute atomic E-state index is 12.1. The number of rotatable bonds is 4. The van der Waals surface area contributed by atoms with Crippen LogP contribution in [0.4, 0.5) is 5.82 Å². The lowest BCUT2D eigenvalue weighted by Crippen LogP contribution is -2.39. The molecule has 8 heteroatoms. The van der Waals surface area contributed by atoms with Gasteiger partial charge in [-0.05, 0) is 12.1 Å². The van der Waals surface area contributed by atoms with Gasteiger partial charge in [0.1, 0.15) is 5.82 Å². The average molecular weight is 328 g/mol. The molecule has 3 rings (SSSR count). The van der Waals surface area contributed by atoms with Crippen LogP contribution in [0.25, 0.3) is 0 Å². The van der Waals surface area contributed by atoms with Gasteiger partial charge in [-0.25, -0.2) is 4.68 Å². The number of halogens is 1. The number of thiophene rings is 1. The zero-order valence-electron chi connectivity index (χ0n) is 11.1. The molecule has 1 unspecified atom stereocenters. The lowest BCUT2D eigenvalue weighted by Gasteiger charge is -2.22. The van der Waals surface area contributed by atoms with Crippen LogP contribution in [-0.4, -0.2) is 41.6 Å². The lowest BCUT2D eigenvalue weighted by atomic mass is 10.3. The molecule has 2 aromatic rings. The molecule has 1 fully saturated rings. The van der Waals surface area contributed by atoms with E-state index in [2.05, 4.69) is 10.4 Å². The Morgan fingerprint density at radius 3 is 3.10 bits per heavy atom. The summed E-state index contributed by atoms with van der Waals surface area (Å²) in [5.41, 5.74) is 0. The van der Waals surface area contributed by atoms with Crippen molar-refractivity contribution in [1.82, 2.24) is 9.78 Å². The molecular weight excluding hydrogens is 314 g/mol. The zero-order chi connectivity index (χ0) is 14.7. The number of carbonyl (C=O) groups is 1. The molecule has 0 radical (unpaired) electrons. The molecule has 6 nitrogen and oxygen atoms in total.